The predicted octanol–water partition coefficient (Wildman–Crippen LogP) is 2.53. The Labute approximate surface area is 203 Å². The number of carbonyl (C=O) groups is 3. The molecule has 184 valence electrons. The molecule has 0 radical (unpaired) electrons. The lowest BCUT2D eigenvalue weighted by atomic mass is 10.0. The van der Waals surface area contributed by atoms with Gasteiger partial charge in [-0.15, -0.1) is 0 Å². The van der Waals surface area contributed by atoms with Crippen molar-refractivity contribution in [3.05, 3.63) is 65.5 Å². The average molecular weight is 480 g/mol. The van der Waals surface area contributed by atoms with Crippen LogP contribution < -0.4 is 20.7 Å². The quantitative estimate of drug-likeness (QED) is 0.496. The van der Waals surface area contributed by atoms with Gasteiger partial charge in [-0.05, 0) is 61.9 Å². The zero-order chi connectivity index (χ0) is 25.7. The van der Waals surface area contributed by atoms with Gasteiger partial charge < -0.3 is 25.8 Å². The molecule has 3 aromatic rings. The molecule has 3 amide bonds. The maximum atomic E-state index is 13.5. The number of aromatic nitrogens is 2. The third-order valence-electron chi connectivity index (χ3n) is 5.39. The number of methoxy groups -OCH3 is 1. The van der Waals surface area contributed by atoms with Crippen LogP contribution in [-0.4, -0.2) is 52.4 Å². The topological polar surface area (TPSA) is 140 Å². The molecule has 2 aromatic carbocycles. The van der Waals surface area contributed by atoms with Gasteiger partial charge in [-0.1, -0.05) is 13.8 Å². The van der Waals surface area contributed by atoms with Gasteiger partial charge in [-0.25, -0.2) is 4.68 Å². The molecule has 0 aliphatic carbocycles. The van der Waals surface area contributed by atoms with Gasteiger partial charge in [0.1, 0.15) is 17.5 Å². The molecule has 1 aromatic heterocycles. The van der Waals surface area contributed by atoms with Crippen LogP contribution in [0.15, 0.2) is 48.5 Å². The number of anilines is 2. The van der Waals surface area contributed by atoms with Crippen molar-refractivity contribution in [2.75, 3.05) is 23.9 Å². The molecular weight excluding hydrogens is 450 g/mol. The van der Waals surface area contributed by atoms with Gasteiger partial charge in [0.25, 0.3) is 17.7 Å². The van der Waals surface area contributed by atoms with Crippen molar-refractivity contribution in [1.82, 2.24) is 9.78 Å². The number of nitrogens with zero attached hydrogens (tertiary/aromatic N) is 3. The van der Waals surface area contributed by atoms with E-state index >= 15 is 0 Å². The van der Waals surface area contributed by atoms with Gasteiger partial charge in [0, 0.05) is 23.5 Å². The lowest BCUT2D eigenvalue weighted by molar-refractivity contribution is -0.123. The van der Waals surface area contributed by atoms with Crippen LogP contribution in [0.2, 0.25) is 0 Å². The molecule has 10 nitrogen and oxygen atoms in total. The van der Waals surface area contributed by atoms with Crippen LogP contribution in [-0.2, 0) is 11.2 Å². The molecule has 4 N–H and O–H groups in total. The second-order valence-electron chi connectivity index (χ2n) is 7.57. The highest BCUT2D eigenvalue weighted by Gasteiger charge is 2.34. The molecule has 0 fully saturated rings. The minimum atomic E-state index is -1.13. The van der Waals surface area contributed by atoms with E-state index in [1.54, 1.807) is 60.5 Å². The first-order chi connectivity index (χ1) is 16.8. The van der Waals surface area contributed by atoms with E-state index < -0.39 is 17.9 Å². The van der Waals surface area contributed by atoms with Gasteiger partial charge in [-0.3, -0.25) is 14.4 Å². The standard InChI is InChI=1S/C23H23N5O5.C2H6/c1-13(29)22(31)25-14-3-5-15(6-4-14)27-12-11-18-19(21(24)30)26-28(20(18)23(27)32)16-7-9-17(33-2)10-8-16;1-2/h3-10,13,29H,11-12H2,1-2H3,(H2,24,30)(H,25,31);1-2H3. The maximum absolute atomic E-state index is 13.5. The SMILES string of the molecule is CC.COc1ccc(-n2nc(C(N)=O)c3c2C(=O)N(c2ccc(NC(=O)C(C)O)cc2)CC3)cc1. The summed E-state index contributed by atoms with van der Waals surface area (Å²) >= 11 is 0. The van der Waals surface area contributed by atoms with E-state index in [4.69, 9.17) is 10.5 Å². The van der Waals surface area contributed by atoms with Gasteiger partial charge in [0.15, 0.2) is 5.69 Å². The number of primary amides is 1. The molecule has 2 heterocycles. The van der Waals surface area contributed by atoms with E-state index in [1.165, 1.54) is 11.6 Å². The predicted molar refractivity (Wildman–Crippen MR) is 132 cm³/mol. The molecule has 1 unspecified atom stereocenters. The molecule has 0 saturated carbocycles. The fourth-order valence-electron chi connectivity index (χ4n) is 3.69. The van der Waals surface area contributed by atoms with Gasteiger partial charge in [0.05, 0.1) is 12.8 Å². The number of nitrogens with two attached hydrogens (primary N) is 1. The largest absolute Gasteiger partial charge is 0.497 e. The van der Waals surface area contributed by atoms with Gasteiger partial charge in [-0.2, -0.15) is 5.10 Å². The smallest absolute Gasteiger partial charge is 0.277 e. The number of nitrogens with one attached hydrogen (secondary N) is 1. The summed E-state index contributed by atoms with van der Waals surface area (Å²) in [7, 11) is 1.55. The molecule has 0 bridgehead atoms. The van der Waals surface area contributed by atoms with E-state index in [0.29, 0.717) is 41.3 Å². The Kier molecular flexibility index (Phi) is 7.87. The third-order valence-corrected chi connectivity index (χ3v) is 5.39. The van der Waals surface area contributed by atoms with Crippen molar-refractivity contribution in [1.29, 1.82) is 0 Å². The number of amides is 3. The second kappa shape index (κ2) is 10.8. The summed E-state index contributed by atoms with van der Waals surface area (Å²) in [5, 5.41) is 16.3. The van der Waals surface area contributed by atoms with Crippen LogP contribution in [0, 0.1) is 0 Å². The maximum Gasteiger partial charge on any atom is 0.277 e. The van der Waals surface area contributed by atoms with Crippen LogP contribution in [0.5, 0.6) is 5.75 Å². The first-order valence-corrected chi connectivity index (χ1v) is 11.3. The average Bonchev–Trinajstić information content (AvgIpc) is 3.27. The lowest BCUT2D eigenvalue weighted by Gasteiger charge is -2.28. The molecule has 1 aliphatic heterocycles. The Morgan fingerprint density at radius 1 is 1.09 bits per heavy atom. The van der Waals surface area contributed by atoms with Crippen molar-refractivity contribution >= 4 is 29.1 Å². The minimum absolute atomic E-state index is 0.0741. The van der Waals surface area contributed by atoms with Crippen molar-refractivity contribution in [3.63, 3.8) is 0 Å². The first-order valence-electron chi connectivity index (χ1n) is 11.3. The number of hydrogen-bond acceptors (Lipinski definition) is 6. The Balaban J connectivity index is 0.00000167. The number of aliphatic hydroxyl groups excluding tert-OH is 1. The number of hydrogen-bond donors (Lipinski definition) is 3. The fourth-order valence-corrected chi connectivity index (χ4v) is 3.69. The van der Waals surface area contributed by atoms with Crippen LogP contribution in [0.1, 0.15) is 47.3 Å². The fraction of sp³-hybridized carbons (Fsp3) is 0.280. The normalized spacial score (nSPS) is 13.3. The van der Waals surface area contributed by atoms with Crippen molar-refractivity contribution in [2.24, 2.45) is 5.73 Å². The summed E-state index contributed by atoms with van der Waals surface area (Å²) in [5.74, 6) is -0.903. The summed E-state index contributed by atoms with van der Waals surface area (Å²) in [4.78, 5) is 38.8. The summed E-state index contributed by atoms with van der Waals surface area (Å²) in [6, 6.07) is 13.6. The molecule has 35 heavy (non-hydrogen) atoms. The van der Waals surface area contributed by atoms with Crippen LogP contribution >= 0.6 is 0 Å². The highest BCUT2D eigenvalue weighted by Crippen LogP contribution is 2.30. The number of benzene rings is 2. The van der Waals surface area contributed by atoms with Crippen molar-refractivity contribution in [3.8, 4) is 11.4 Å². The zero-order valence-corrected chi connectivity index (χ0v) is 20.1. The third kappa shape index (κ3) is 5.17. The summed E-state index contributed by atoms with van der Waals surface area (Å²) in [6.45, 7) is 5.71. The van der Waals surface area contributed by atoms with Crippen LogP contribution in [0.3, 0.4) is 0 Å². The van der Waals surface area contributed by atoms with E-state index in [1.807, 2.05) is 13.8 Å². The first kappa shape index (κ1) is 25.4. The Hall–Kier alpha value is -4.18. The zero-order valence-electron chi connectivity index (χ0n) is 20.1. The van der Waals surface area contributed by atoms with E-state index in [2.05, 4.69) is 10.4 Å². The summed E-state index contributed by atoms with van der Waals surface area (Å²) < 4.78 is 6.62. The second-order valence-corrected chi connectivity index (χ2v) is 7.57. The van der Waals surface area contributed by atoms with Crippen molar-refractivity contribution in [2.45, 2.75) is 33.3 Å². The Bertz CT molecular complexity index is 1220. The van der Waals surface area contributed by atoms with E-state index in [-0.39, 0.29) is 17.3 Å². The molecule has 0 spiro atoms. The van der Waals surface area contributed by atoms with Crippen molar-refractivity contribution < 1.29 is 24.2 Å². The lowest BCUT2D eigenvalue weighted by Crippen LogP contribution is -2.39. The summed E-state index contributed by atoms with van der Waals surface area (Å²) in [6.07, 6.45) is -0.736. The highest BCUT2D eigenvalue weighted by molar-refractivity contribution is 6.09. The molecule has 1 aliphatic rings. The monoisotopic (exact) mass is 479 g/mol. The molecular formula is C25H29N5O5. The number of fused-ring (bicyclic) bond motifs is 1. The minimum Gasteiger partial charge on any atom is -0.497 e. The Morgan fingerprint density at radius 2 is 1.69 bits per heavy atom. The molecule has 10 heteroatoms. The highest BCUT2D eigenvalue weighted by atomic mass is 16.5. The molecule has 0 saturated heterocycles. The number of ether oxygens (including phenoxy) is 1. The summed E-state index contributed by atoms with van der Waals surface area (Å²) in [5.41, 5.74) is 8.09. The van der Waals surface area contributed by atoms with Gasteiger partial charge >= 0.3 is 0 Å². The molecule has 1 atom stereocenters. The number of carbonyl (C=O) groups excluding carboxylic acids is 3. The number of rotatable bonds is 6. The van der Waals surface area contributed by atoms with E-state index in [0.717, 1.165) is 0 Å². The van der Waals surface area contributed by atoms with Gasteiger partial charge in [0.2, 0.25) is 0 Å². The number of aliphatic hydroxyl groups is 1. The van der Waals surface area contributed by atoms with Crippen LogP contribution in [0.4, 0.5) is 11.4 Å². The molecule has 4 rings (SSSR count). The van der Waals surface area contributed by atoms with E-state index in [9.17, 15) is 19.5 Å². The van der Waals surface area contributed by atoms with Crippen LogP contribution in [0.25, 0.3) is 5.69 Å². The Morgan fingerprint density at radius 3 is 2.23 bits per heavy atom.